The van der Waals surface area contributed by atoms with Crippen LogP contribution in [0.4, 0.5) is 11.4 Å². The standard InChI is InChI=1S/C22H28ClN3O5S/c1-3-25(4-2)18-7-5-17(6-8-18)24-22(27)16-31-21-10-9-19(15-20(21)23)32(28,29)26-11-13-30-14-12-26/h5-10,15H,3-4,11-14,16H2,1-2H3,(H,24,27). The maximum absolute atomic E-state index is 12.7. The number of sulfonamides is 1. The number of ether oxygens (including phenoxy) is 2. The molecule has 0 radical (unpaired) electrons. The van der Waals surface area contributed by atoms with Gasteiger partial charge < -0.3 is 19.7 Å². The normalized spacial score (nSPS) is 14.7. The number of nitrogens with zero attached hydrogens (tertiary/aromatic N) is 2. The van der Waals surface area contributed by atoms with Crippen LogP contribution in [0.2, 0.25) is 5.02 Å². The molecule has 174 valence electrons. The maximum Gasteiger partial charge on any atom is 0.262 e. The zero-order valence-electron chi connectivity index (χ0n) is 18.2. The Bertz CT molecular complexity index is 1020. The third-order valence-corrected chi connectivity index (χ3v) is 7.34. The molecule has 0 atom stereocenters. The number of morpholine rings is 1. The first-order chi connectivity index (χ1) is 15.3. The molecule has 10 heteroatoms. The number of hydrogen-bond acceptors (Lipinski definition) is 6. The van der Waals surface area contributed by atoms with Crippen molar-refractivity contribution in [1.29, 1.82) is 0 Å². The lowest BCUT2D eigenvalue weighted by molar-refractivity contribution is -0.118. The Morgan fingerprint density at radius 3 is 2.38 bits per heavy atom. The number of carbonyl (C=O) groups excluding carboxylic acids is 1. The molecule has 8 nitrogen and oxygen atoms in total. The summed E-state index contributed by atoms with van der Waals surface area (Å²) >= 11 is 6.22. The molecule has 1 N–H and O–H groups in total. The highest BCUT2D eigenvalue weighted by atomic mass is 35.5. The fourth-order valence-corrected chi connectivity index (χ4v) is 5.11. The monoisotopic (exact) mass is 481 g/mol. The minimum Gasteiger partial charge on any atom is -0.482 e. The number of amides is 1. The Morgan fingerprint density at radius 2 is 1.78 bits per heavy atom. The van der Waals surface area contributed by atoms with E-state index in [2.05, 4.69) is 24.1 Å². The molecule has 0 saturated carbocycles. The molecule has 0 bridgehead atoms. The Morgan fingerprint density at radius 1 is 1.12 bits per heavy atom. The molecule has 2 aromatic carbocycles. The zero-order chi connectivity index (χ0) is 23.1. The molecular weight excluding hydrogens is 454 g/mol. The van der Waals surface area contributed by atoms with Crippen LogP contribution in [-0.4, -0.2) is 64.6 Å². The Kier molecular flexibility index (Phi) is 8.36. The largest absolute Gasteiger partial charge is 0.482 e. The van der Waals surface area contributed by atoms with Gasteiger partial charge in [0.25, 0.3) is 5.91 Å². The van der Waals surface area contributed by atoms with Crippen molar-refractivity contribution < 1.29 is 22.7 Å². The van der Waals surface area contributed by atoms with Crippen LogP contribution in [0.3, 0.4) is 0 Å². The lowest BCUT2D eigenvalue weighted by Crippen LogP contribution is -2.40. The van der Waals surface area contributed by atoms with Gasteiger partial charge in [-0.25, -0.2) is 8.42 Å². The second kappa shape index (κ2) is 11.0. The number of nitrogens with one attached hydrogen (secondary N) is 1. The van der Waals surface area contributed by atoms with Crippen molar-refractivity contribution in [2.24, 2.45) is 0 Å². The van der Waals surface area contributed by atoms with Crippen molar-refractivity contribution in [2.75, 3.05) is 56.2 Å². The molecule has 0 aliphatic carbocycles. The van der Waals surface area contributed by atoms with Crippen LogP contribution >= 0.6 is 11.6 Å². The second-order valence-electron chi connectivity index (χ2n) is 7.16. The van der Waals surface area contributed by atoms with Gasteiger partial charge in [-0.05, 0) is 56.3 Å². The summed E-state index contributed by atoms with van der Waals surface area (Å²) in [5, 5.41) is 2.89. The molecular formula is C22H28ClN3O5S. The van der Waals surface area contributed by atoms with Crippen LogP contribution in [0, 0.1) is 0 Å². The lowest BCUT2D eigenvalue weighted by Gasteiger charge is -2.26. The van der Waals surface area contributed by atoms with Crippen LogP contribution in [-0.2, 0) is 19.6 Å². The average molecular weight is 482 g/mol. The number of benzene rings is 2. The van der Waals surface area contributed by atoms with E-state index in [1.165, 1.54) is 22.5 Å². The van der Waals surface area contributed by atoms with Crippen molar-refractivity contribution in [1.82, 2.24) is 4.31 Å². The molecule has 1 heterocycles. The van der Waals surface area contributed by atoms with Gasteiger partial charge >= 0.3 is 0 Å². The van der Waals surface area contributed by atoms with E-state index in [1.807, 2.05) is 24.3 Å². The highest BCUT2D eigenvalue weighted by molar-refractivity contribution is 7.89. The summed E-state index contributed by atoms with van der Waals surface area (Å²) in [7, 11) is -3.66. The summed E-state index contributed by atoms with van der Waals surface area (Å²) in [5.74, 6) is -0.110. The fraction of sp³-hybridized carbons (Fsp3) is 0.409. The minimum atomic E-state index is -3.66. The summed E-state index contributed by atoms with van der Waals surface area (Å²) < 4.78 is 37.5. The topological polar surface area (TPSA) is 88.2 Å². The maximum atomic E-state index is 12.7. The van der Waals surface area contributed by atoms with E-state index in [4.69, 9.17) is 21.1 Å². The van der Waals surface area contributed by atoms with Gasteiger partial charge in [0.2, 0.25) is 10.0 Å². The Balaban J connectivity index is 1.58. The summed E-state index contributed by atoms with van der Waals surface area (Å²) in [6.07, 6.45) is 0. The van der Waals surface area contributed by atoms with E-state index in [-0.39, 0.29) is 28.2 Å². The summed E-state index contributed by atoms with van der Waals surface area (Å²) in [5.41, 5.74) is 1.75. The van der Waals surface area contributed by atoms with E-state index in [9.17, 15) is 13.2 Å². The van der Waals surface area contributed by atoms with Crippen LogP contribution in [0.15, 0.2) is 47.4 Å². The van der Waals surface area contributed by atoms with E-state index < -0.39 is 10.0 Å². The lowest BCUT2D eigenvalue weighted by atomic mass is 10.2. The molecule has 32 heavy (non-hydrogen) atoms. The number of rotatable bonds is 9. The van der Waals surface area contributed by atoms with Crippen LogP contribution in [0.1, 0.15) is 13.8 Å². The van der Waals surface area contributed by atoms with Gasteiger partial charge in [0, 0.05) is 37.6 Å². The average Bonchev–Trinajstić information content (AvgIpc) is 2.80. The predicted octanol–water partition coefficient (Wildman–Crippen LogP) is 3.22. The molecule has 1 aliphatic rings. The van der Waals surface area contributed by atoms with E-state index in [1.54, 1.807) is 0 Å². The van der Waals surface area contributed by atoms with Crippen molar-refractivity contribution in [3.05, 3.63) is 47.5 Å². The molecule has 3 rings (SSSR count). The molecule has 1 amide bonds. The fourth-order valence-electron chi connectivity index (χ4n) is 3.38. The van der Waals surface area contributed by atoms with E-state index in [0.717, 1.165) is 18.8 Å². The van der Waals surface area contributed by atoms with Crippen LogP contribution in [0.5, 0.6) is 5.75 Å². The molecule has 0 spiro atoms. The second-order valence-corrected chi connectivity index (χ2v) is 9.51. The summed E-state index contributed by atoms with van der Waals surface area (Å²) in [6, 6.07) is 11.8. The summed E-state index contributed by atoms with van der Waals surface area (Å²) in [4.78, 5) is 14.5. The van der Waals surface area contributed by atoms with Gasteiger partial charge in [-0.15, -0.1) is 0 Å². The van der Waals surface area contributed by atoms with Crippen molar-refractivity contribution in [2.45, 2.75) is 18.7 Å². The minimum absolute atomic E-state index is 0.0782. The highest BCUT2D eigenvalue weighted by Crippen LogP contribution is 2.29. The highest BCUT2D eigenvalue weighted by Gasteiger charge is 2.27. The van der Waals surface area contributed by atoms with Crippen LogP contribution < -0.4 is 15.0 Å². The smallest absolute Gasteiger partial charge is 0.262 e. The Labute approximate surface area is 194 Å². The first kappa shape index (κ1) is 24.3. The van der Waals surface area contributed by atoms with Gasteiger partial charge in [-0.1, -0.05) is 11.6 Å². The zero-order valence-corrected chi connectivity index (χ0v) is 19.8. The van der Waals surface area contributed by atoms with E-state index >= 15 is 0 Å². The predicted molar refractivity (Wildman–Crippen MR) is 125 cm³/mol. The Hall–Kier alpha value is -2.33. The van der Waals surface area contributed by atoms with Crippen LogP contribution in [0.25, 0.3) is 0 Å². The van der Waals surface area contributed by atoms with Crippen molar-refractivity contribution >= 4 is 38.9 Å². The molecule has 0 unspecified atom stereocenters. The SMILES string of the molecule is CCN(CC)c1ccc(NC(=O)COc2ccc(S(=O)(=O)N3CCOCC3)cc2Cl)cc1. The first-order valence-corrected chi connectivity index (χ1v) is 12.3. The van der Waals surface area contributed by atoms with Gasteiger partial charge in [-0.3, -0.25) is 4.79 Å². The molecule has 1 saturated heterocycles. The van der Waals surface area contributed by atoms with Gasteiger partial charge in [0.15, 0.2) is 6.61 Å². The number of carbonyl (C=O) groups is 1. The summed E-state index contributed by atoms with van der Waals surface area (Å²) in [6.45, 7) is 7.06. The number of halogens is 1. The quantitative estimate of drug-likeness (QED) is 0.591. The third kappa shape index (κ3) is 5.92. The third-order valence-electron chi connectivity index (χ3n) is 5.15. The van der Waals surface area contributed by atoms with Crippen molar-refractivity contribution in [3.63, 3.8) is 0 Å². The van der Waals surface area contributed by atoms with Crippen molar-refractivity contribution in [3.8, 4) is 5.75 Å². The molecule has 2 aromatic rings. The molecule has 1 fully saturated rings. The van der Waals surface area contributed by atoms with E-state index in [0.29, 0.717) is 32.0 Å². The number of hydrogen-bond donors (Lipinski definition) is 1. The first-order valence-electron chi connectivity index (χ1n) is 10.5. The molecule has 1 aliphatic heterocycles. The van der Waals surface area contributed by atoms with Gasteiger partial charge in [-0.2, -0.15) is 4.31 Å². The van der Waals surface area contributed by atoms with Gasteiger partial charge in [0.05, 0.1) is 23.1 Å². The molecule has 0 aromatic heterocycles. The van der Waals surface area contributed by atoms with Gasteiger partial charge in [0.1, 0.15) is 5.75 Å². The number of anilines is 2.